The molecule has 19 heavy (non-hydrogen) atoms. The average molecular weight is 270 g/mol. The monoisotopic (exact) mass is 270 g/mol. The van der Waals surface area contributed by atoms with Crippen LogP contribution >= 0.6 is 0 Å². The second-order valence-electron chi connectivity index (χ2n) is 5.21. The van der Waals surface area contributed by atoms with Gasteiger partial charge in [-0.1, -0.05) is 13.8 Å². The normalized spacial score (nSPS) is 19.3. The maximum absolute atomic E-state index is 11.9. The number of nitrogens with zero attached hydrogens (tertiary/aromatic N) is 1. The van der Waals surface area contributed by atoms with Gasteiger partial charge in [0.05, 0.1) is 12.3 Å². The van der Waals surface area contributed by atoms with Gasteiger partial charge in [-0.3, -0.25) is 14.4 Å². The van der Waals surface area contributed by atoms with Crippen LogP contribution < -0.4 is 5.32 Å². The molecule has 0 aromatic heterocycles. The van der Waals surface area contributed by atoms with Crippen molar-refractivity contribution in [3.63, 3.8) is 0 Å². The summed E-state index contributed by atoms with van der Waals surface area (Å²) in [6, 6.07) is 0. The lowest BCUT2D eigenvalue weighted by molar-refractivity contribution is -0.138. The van der Waals surface area contributed by atoms with Crippen LogP contribution in [0.1, 0.15) is 33.1 Å². The van der Waals surface area contributed by atoms with E-state index in [1.807, 2.05) is 13.8 Å². The SMILES string of the molecule is CC(C)C(=O)N1CCCC(C(=O)NCCC(=O)O)C1. The number of piperidine rings is 1. The third-order valence-electron chi connectivity index (χ3n) is 3.24. The Morgan fingerprint density at radius 3 is 2.63 bits per heavy atom. The van der Waals surface area contributed by atoms with Crippen LogP contribution in [0, 0.1) is 11.8 Å². The topological polar surface area (TPSA) is 86.7 Å². The predicted molar refractivity (Wildman–Crippen MR) is 69.4 cm³/mol. The number of aliphatic carboxylic acids is 1. The zero-order valence-corrected chi connectivity index (χ0v) is 11.5. The molecule has 2 N–H and O–H groups in total. The molecule has 0 bridgehead atoms. The Morgan fingerprint density at radius 2 is 2.05 bits per heavy atom. The third kappa shape index (κ3) is 4.89. The van der Waals surface area contributed by atoms with Crippen molar-refractivity contribution >= 4 is 17.8 Å². The van der Waals surface area contributed by atoms with Gasteiger partial charge in [-0.05, 0) is 12.8 Å². The van der Waals surface area contributed by atoms with Crippen molar-refractivity contribution < 1.29 is 19.5 Å². The summed E-state index contributed by atoms with van der Waals surface area (Å²) in [7, 11) is 0. The number of carbonyl (C=O) groups is 3. The van der Waals surface area contributed by atoms with Gasteiger partial charge in [0.15, 0.2) is 0 Å². The Balaban J connectivity index is 2.43. The van der Waals surface area contributed by atoms with Gasteiger partial charge >= 0.3 is 5.97 Å². The molecule has 1 unspecified atom stereocenters. The summed E-state index contributed by atoms with van der Waals surface area (Å²) < 4.78 is 0. The molecule has 1 atom stereocenters. The number of carboxylic acids is 1. The summed E-state index contributed by atoms with van der Waals surface area (Å²) in [5, 5.41) is 11.1. The molecule has 0 spiro atoms. The number of amides is 2. The second-order valence-corrected chi connectivity index (χ2v) is 5.21. The standard InChI is InChI=1S/C13H22N2O4/c1-9(2)13(19)15-7-3-4-10(8-15)12(18)14-6-5-11(16)17/h9-10H,3-8H2,1-2H3,(H,14,18)(H,16,17). The van der Waals surface area contributed by atoms with Gasteiger partial charge in [-0.15, -0.1) is 0 Å². The van der Waals surface area contributed by atoms with Crippen LogP contribution in [0.2, 0.25) is 0 Å². The Labute approximate surface area is 113 Å². The van der Waals surface area contributed by atoms with Crippen LogP contribution in [0.3, 0.4) is 0 Å². The first-order valence-electron chi connectivity index (χ1n) is 6.70. The van der Waals surface area contributed by atoms with Crippen molar-refractivity contribution in [1.82, 2.24) is 10.2 Å². The lowest BCUT2D eigenvalue weighted by Crippen LogP contribution is -2.46. The van der Waals surface area contributed by atoms with Crippen LogP contribution in [0.15, 0.2) is 0 Å². The molecule has 0 aliphatic carbocycles. The number of carboxylic acid groups (broad SMARTS) is 1. The number of rotatable bonds is 5. The average Bonchev–Trinajstić information content (AvgIpc) is 2.37. The Bertz CT molecular complexity index is 355. The molecule has 6 heteroatoms. The van der Waals surface area contributed by atoms with Crippen molar-refractivity contribution in [2.45, 2.75) is 33.1 Å². The summed E-state index contributed by atoms with van der Waals surface area (Å²) in [5.74, 6) is -1.29. The molecule has 2 amide bonds. The molecular formula is C13H22N2O4. The minimum absolute atomic E-state index is 0.0613. The van der Waals surface area contributed by atoms with Crippen molar-refractivity contribution in [2.75, 3.05) is 19.6 Å². The van der Waals surface area contributed by atoms with Gasteiger partial charge in [0.25, 0.3) is 0 Å². The molecule has 1 aliphatic heterocycles. The molecule has 108 valence electrons. The number of hydrogen-bond acceptors (Lipinski definition) is 3. The summed E-state index contributed by atoms with van der Waals surface area (Å²) in [6.07, 6.45) is 1.49. The molecule has 1 aliphatic rings. The lowest BCUT2D eigenvalue weighted by Gasteiger charge is -2.33. The number of nitrogens with one attached hydrogen (secondary N) is 1. The van der Waals surface area contributed by atoms with Gasteiger partial charge in [-0.2, -0.15) is 0 Å². The zero-order chi connectivity index (χ0) is 14.4. The van der Waals surface area contributed by atoms with Gasteiger partial charge in [0.1, 0.15) is 0 Å². The largest absolute Gasteiger partial charge is 0.481 e. The van der Waals surface area contributed by atoms with E-state index >= 15 is 0 Å². The highest BCUT2D eigenvalue weighted by molar-refractivity contribution is 5.82. The molecular weight excluding hydrogens is 248 g/mol. The fraction of sp³-hybridized carbons (Fsp3) is 0.769. The van der Waals surface area contributed by atoms with E-state index in [9.17, 15) is 14.4 Å². The molecule has 0 aromatic carbocycles. The van der Waals surface area contributed by atoms with Gasteiger partial charge < -0.3 is 15.3 Å². The van der Waals surface area contributed by atoms with E-state index < -0.39 is 5.97 Å². The van der Waals surface area contributed by atoms with Crippen molar-refractivity contribution in [3.8, 4) is 0 Å². The number of likely N-dealkylation sites (tertiary alicyclic amines) is 1. The molecule has 1 rings (SSSR count). The van der Waals surface area contributed by atoms with E-state index in [0.29, 0.717) is 13.1 Å². The number of carbonyl (C=O) groups excluding carboxylic acids is 2. The second kappa shape index (κ2) is 7.11. The summed E-state index contributed by atoms with van der Waals surface area (Å²) in [4.78, 5) is 35.9. The molecule has 0 aromatic rings. The predicted octanol–water partition coefficient (Wildman–Crippen LogP) is 0.472. The van der Waals surface area contributed by atoms with Gasteiger partial charge in [0.2, 0.25) is 11.8 Å². The van der Waals surface area contributed by atoms with Crippen LogP contribution in [-0.4, -0.2) is 47.4 Å². The Morgan fingerprint density at radius 1 is 1.37 bits per heavy atom. The first-order valence-corrected chi connectivity index (χ1v) is 6.70. The van der Waals surface area contributed by atoms with Crippen LogP contribution in [0.4, 0.5) is 0 Å². The Kier molecular flexibility index (Phi) is 5.79. The molecule has 1 heterocycles. The molecule has 0 saturated carbocycles. The maximum atomic E-state index is 11.9. The minimum atomic E-state index is -0.930. The first kappa shape index (κ1) is 15.5. The van der Waals surface area contributed by atoms with E-state index in [0.717, 1.165) is 12.8 Å². The zero-order valence-electron chi connectivity index (χ0n) is 11.5. The highest BCUT2D eigenvalue weighted by Gasteiger charge is 2.29. The fourth-order valence-electron chi connectivity index (χ4n) is 2.19. The highest BCUT2D eigenvalue weighted by Crippen LogP contribution is 2.18. The van der Waals surface area contributed by atoms with E-state index in [4.69, 9.17) is 5.11 Å². The van der Waals surface area contributed by atoms with Crippen molar-refractivity contribution in [3.05, 3.63) is 0 Å². The highest BCUT2D eigenvalue weighted by atomic mass is 16.4. The summed E-state index contributed by atoms with van der Waals surface area (Å²) in [6.45, 7) is 4.98. The molecule has 0 radical (unpaired) electrons. The van der Waals surface area contributed by atoms with Gasteiger partial charge in [-0.25, -0.2) is 0 Å². The summed E-state index contributed by atoms with van der Waals surface area (Å²) >= 11 is 0. The van der Waals surface area contributed by atoms with Crippen LogP contribution in [-0.2, 0) is 14.4 Å². The smallest absolute Gasteiger partial charge is 0.305 e. The van der Waals surface area contributed by atoms with Crippen molar-refractivity contribution in [2.24, 2.45) is 11.8 Å². The molecule has 1 fully saturated rings. The van der Waals surface area contributed by atoms with E-state index in [1.165, 1.54) is 0 Å². The third-order valence-corrected chi connectivity index (χ3v) is 3.24. The Hall–Kier alpha value is -1.59. The first-order chi connectivity index (χ1) is 8.91. The van der Waals surface area contributed by atoms with Crippen LogP contribution in [0.25, 0.3) is 0 Å². The summed E-state index contributed by atoms with van der Waals surface area (Å²) in [5.41, 5.74) is 0. The van der Waals surface area contributed by atoms with Crippen molar-refractivity contribution in [1.29, 1.82) is 0 Å². The minimum Gasteiger partial charge on any atom is -0.481 e. The number of hydrogen-bond donors (Lipinski definition) is 2. The fourth-order valence-corrected chi connectivity index (χ4v) is 2.19. The van der Waals surface area contributed by atoms with Crippen LogP contribution in [0.5, 0.6) is 0 Å². The molecule has 1 saturated heterocycles. The quantitative estimate of drug-likeness (QED) is 0.760. The lowest BCUT2D eigenvalue weighted by atomic mass is 9.96. The van der Waals surface area contributed by atoms with E-state index in [1.54, 1.807) is 4.90 Å². The van der Waals surface area contributed by atoms with E-state index in [2.05, 4.69) is 5.32 Å². The maximum Gasteiger partial charge on any atom is 0.305 e. The van der Waals surface area contributed by atoms with Gasteiger partial charge in [0, 0.05) is 25.6 Å². The van der Waals surface area contributed by atoms with E-state index in [-0.39, 0.29) is 36.6 Å². The molecule has 6 nitrogen and oxygen atoms in total.